The molecule has 0 radical (unpaired) electrons. The summed E-state index contributed by atoms with van der Waals surface area (Å²) < 4.78 is 38.6. The van der Waals surface area contributed by atoms with Crippen LogP contribution in [-0.2, 0) is 6.54 Å². The van der Waals surface area contributed by atoms with Crippen LogP contribution in [-0.4, -0.2) is 28.1 Å². The average molecular weight is 489 g/mol. The molecule has 4 bridgehead atoms. The van der Waals surface area contributed by atoms with E-state index < -0.39 is 5.51 Å². The number of nitrogens with two attached hydrogens (primary N) is 1. The van der Waals surface area contributed by atoms with Crippen LogP contribution >= 0.6 is 11.8 Å². The molecule has 0 aliphatic heterocycles. The van der Waals surface area contributed by atoms with E-state index in [4.69, 9.17) is 5.73 Å². The number of thioether (sulfide) groups is 1. The third-order valence-electron chi connectivity index (χ3n) is 7.65. The molecule has 3 unspecified atom stereocenters. The number of anilines is 2. The number of hydrogen-bond acceptors (Lipinski definition) is 7. The Labute approximate surface area is 200 Å². The smallest absolute Gasteiger partial charge is 0.368 e. The number of nitriles is 1. The molecule has 0 amide bonds. The van der Waals surface area contributed by atoms with Crippen molar-refractivity contribution in [2.24, 2.45) is 28.9 Å². The topological polar surface area (TPSA) is 99.6 Å². The summed E-state index contributed by atoms with van der Waals surface area (Å²) >= 11 is -0.138. The number of benzene rings is 1. The van der Waals surface area contributed by atoms with Gasteiger partial charge >= 0.3 is 5.51 Å². The average Bonchev–Trinajstić information content (AvgIpc) is 2.79. The summed E-state index contributed by atoms with van der Waals surface area (Å²) in [7, 11) is 0. The zero-order valence-corrected chi connectivity index (χ0v) is 19.4. The molecule has 4 aliphatic rings. The van der Waals surface area contributed by atoms with Gasteiger partial charge in [-0.15, -0.1) is 0 Å². The van der Waals surface area contributed by atoms with Crippen LogP contribution in [0.25, 0.3) is 0 Å². The van der Waals surface area contributed by atoms with Crippen molar-refractivity contribution in [2.75, 3.05) is 17.2 Å². The number of nitrogens with one attached hydrogen (secondary N) is 2. The first-order chi connectivity index (χ1) is 16.2. The Balaban J connectivity index is 1.28. The molecule has 1 aromatic carbocycles. The van der Waals surface area contributed by atoms with Gasteiger partial charge in [0.2, 0.25) is 5.95 Å². The molecule has 34 heavy (non-hydrogen) atoms. The molecule has 4 N–H and O–H groups in total. The van der Waals surface area contributed by atoms with Crippen LogP contribution in [0.5, 0.6) is 0 Å². The minimum atomic E-state index is -4.36. The maximum absolute atomic E-state index is 12.9. The maximum atomic E-state index is 12.9. The van der Waals surface area contributed by atoms with Crippen molar-refractivity contribution < 1.29 is 13.2 Å². The molecule has 2 aromatic rings. The summed E-state index contributed by atoms with van der Waals surface area (Å²) in [6.45, 7) is 0.872. The molecular weight excluding hydrogens is 461 g/mol. The van der Waals surface area contributed by atoms with Gasteiger partial charge in [-0.1, -0.05) is 18.2 Å². The number of nitrogens with zero attached hydrogens (tertiary/aromatic N) is 3. The predicted octanol–water partition coefficient (Wildman–Crippen LogP) is 5.14. The third-order valence-corrected chi connectivity index (χ3v) is 8.50. The van der Waals surface area contributed by atoms with Crippen LogP contribution in [0.3, 0.4) is 0 Å². The van der Waals surface area contributed by atoms with Crippen LogP contribution < -0.4 is 16.4 Å². The first-order valence-electron chi connectivity index (χ1n) is 11.6. The molecule has 5 atom stereocenters. The fourth-order valence-corrected chi connectivity index (χ4v) is 7.12. The van der Waals surface area contributed by atoms with E-state index in [1.165, 1.54) is 31.5 Å². The van der Waals surface area contributed by atoms with Gasteiger partial charge in [-0.3, -0.25) is 0 Å². The van der Waals surface area contributed by atoms with Crippen molar-refractivity contribution in [3.63, 3.8) is 0 Å². The highest BCUT2D eigenvalue weighted by Gasteiger charge is 2.54. The lowest BCUT2D eigenvalue weighted by Gasteiger charge is -2.59. The van der Waals surface area contributed by atoms with Gasteiger partial charge < -0.3 is 16.4 Å². The van der Waals surface area contributed by atoms with E-state index in [9.17, 15) is 18.4 Å². The Morgan fingerprint density at radius 3 is 2.59 bits per heavy atom. The molecule has 1 heterocycles. The summed E-state index contributed by atoms with van der Waals surface area (Å²) in [6.07, 6.45) is 7.33. The second kappa shape index (κ2) is 8.93. The SMILES string of the molecule is N#Cc1cnc(NCc2ccccc2SC(F)(F)F)nc1NCC12CC3C[C@H](C1)C(N)[C@@H](C3)C2. The number of aromatic nitrogens is 2. The van der Waals surface area contributed by atoms with E-state index in [0.717, 1.165) is 25.3 Å². The summed E-state index contributed by atoms with van der Waals surface area (Å²) in [5.74, 6) is 2.63. The van der Waals surface area contributed by atoms with Gasteiger partial charge in [0, 0.05) is 24.0 Å². The Morgan fingerprint density at radius 2 is 1.88 bits per heavy atom. The van der Waals surface area contributed by atoms with Gasteiger partial charge in [0.05, 0.1) is 6.20 Å². The van der Waals surface area contributed by atoms with E-state index in [0.29, 0.717) is 34.8 Å². The molecule has 6 rings (SSSR count). The second-order valence-electron chi connectivity index (χ2n) is 9.98. The van der Waals surface area contributed by atoms with Gasteiger partial charge in [0.25, 0.3) is 0 Å². The van der Waals surface area contributed by atoms with Crippen molar-refractivity contribution in [1.29, 1.82) is 5.26 Å². The second-order valence-corrected chi connectivity index (χ2v) is 11.1. The van der Waals surface area contributed by atoms with Crippen LogP contribution in [0, 0.1) is 34.5 Å². The first-order valence-corrected chi connectivity index (χ1v) is 12.4. The monoisotopic (exact) mass is 488 g/mol. The quantitative estimate of drug-likeness (QED) is 0.464. The van der Waals surface area contributed by atoms with Crippen LogP contribution in [0.4, 0.5) is 24.9 Å². The van der Waals surface area contributed by atoms with Gasteiger partial charge in [0.1, 0.15) is 17.5 Å². The largest absolute Gasteiger partial charge is 0.446 e. The molecule has 4 aliphatic carbocycles. The number of hydrogen-bond donors (Lipinski definition) is 3. The van der Waals surface area contributed by atoms with Gasteiger partial charge in [-0.2, -0.15) is 23.4 Å². The lowest BCUT2D eigenvalue weighted by Crippen LogP contribution is -2.58. The lowest BCUT2D eigenvalue weighted by molar-refractivity contribution is -0.0591. The normalized spacial score (nSPS) is 29.6. The van der Waals surface area contributed by atoms with Crippen molar-refractivity contribution in [3.05, 3.63) is 41.6 Å². The lowest BCUT2D eigenvalue weighted by atomic mass is 9.48. The summed E-state index contributed by atoms with van der Waals surface area (Å²) in [5.41, 5.74) is 3.14. The molecule has 0 spiro atoms. The van der Waals surface area contributed by atoms with E-state index in [1.54, 1.807) is 18.2 Å². The highest BCUT2D eigenvalue weighted by Crippen LogP contribution is 2.59. The molecule has 4 fully saturated rings. The van der Waals surface area contributed by atoms with E-state index in [1.807, 2.05) is 0 Å². The maximum Gasteiger partial charge on any atom is 0.446 e. The highest BCUT2D eigenvalue weighted by molar-refractivity contribution is 8.00. The van der Waals surface area contributed by atoms with Crippen molar-refractivity contribution >= 4 is 23.5 Å². The van der Waals surface area contributed by atoms with E-state index in [-0.39, 0.29) is 34.6 Å². The molecule has 0 saturated heterocycles. The molecule has 10 heteroatoms. The summed E-state index contributed by atoms with van der Waals surface area (Å²) in [5, 5.41) is 16.0. The predicted molar refractivity (Wildman–Crippen MR) is 125 cm³/mol. The summed E-state index contributed by atoms with van der Waals surface area (Å²) in [6, 6.07) is 8.80. The van der Waals surface area contributed by atoms with Crippen molar-refractivity contribution in [1.82, 2.24) is 9.97 Å². The third kappa shape index (κ3) is 4.82. The van der Waals surface area contributed by atoms with Crippen molar-refractivity contribution in [3.8, 4) is 6.07 Å². The fraction of sp³-hybridized carbons (Fsp3) is 0.542. The van der Waals surface area contributed by atoms with Gasteiger partial charge in [-0.05, 0) is 78.7 Å². The van der Waals surface area contributed by atoms with E-state index >= 15 is 0 Å². The standard InChI is InChI=1S/C24H27F3N6S/c25-24(26,27)34-19-4-2-1-3-15(19)11-30-22-31-12-18(10-28)21(33-22)32-13-23-7-14-5-16(8-23)20(29)17(6-14)9-23/h1-4,12,14,16-17,20H,5-9,11,13,29H2,(H2,30,31,32,33)/t14?,16-,17+,20?,23?. The molecule has 4 saturated carbocycles. The Morgan fingerprint density at radius 1 is 1.15 bits per heavy atom. The van der Waals surface area contributed by atoms with Crippen LogP contribution in [0.15, 0.2) is 35.4 Å². The molecular formula is C24H27F3N6S. The Bertz CT molecular complexity index is 1080. The summed E-state index contributed by atoms with van der Waals surface area (Å²) in [4.78, 5) is 8.80. The molecule has 1 aromatic heterocycles. The number of alkyl halides is 3. The Kier molecular flexibility index (Phi) is 6.10. The van der Waals surface area contributed by atoms with Crippen molar-refractivity contribution in [2.45, 2.75) is 55.1 Å². The fourth-order valence-electron chi connectivity index (χ4n) is 6.45. The van der Waals surface area contributed by atoms with Gasteiger partial charge in [0.15, 0.2) is 0 Å². The first kappa shape index (κ1) is 23.2. The molecule has 180 valence electrons. The zero-order valence-electron chi connectivity index (χ0n) is 18.6. The highest BCUT2D eigenvalue weighted by atomic mass is 32.2. The van der Waals surface area contributed by atoms with Crippen LogP contribution in [0.2, 0.25) is 0 Å². The van der Waals surface area contributed by atoms with Gasteiger partial charge in [-0.25, -0.2) is 4.98 Å². The minimum Gasteiger partial charge on any atom is -0.368 e. The Hall–Kier alpha value is -2.51. The van der Waals surface area contributed by atoms with Crippen LogP contribution in [0.1, 0.15) is 43.2 Å². The minimum absolute atomic E-state index is 0.134. The number of halogens is 3. The number of rotatable bonds is 7. The van der Waals surface area contributed by atoms with E-state index in [2.05, 4.69) is 26.7 Å². The molecule has 6 nitrogen and oxygen atoms in total. The zero-order chi connectivity index (χ0) is 23.9.